The molecule has 32 heavy (non-hydrogen) atoms. The first kappa shape index (κ1) is 21.1. The molecule has 0 aliphatic rings. The molecule has 9 nitrogen and oxygen atoms in total. The summed E-state index contributed by atoms with van der Waals surface area (Å²) < 4.78 is 21.0. The van der Waals surface area contributed by atoms with Gasteiger partial charge in [0.05, 0.1) is 6.42 Å². The molecule has 4 aromatic rings. The van der Waals surface area contributed by atoms with Crippen LogP contribution < -0.4 is 10.9 Å². The second-order valence-electron chi connectivity index (χ2n) is 7.07. The minimum atomic E-state index is -0.616. The van der Waals surface area contributed by atoms with E-state index in [1.807, 2.05) is 30.3 Å². The van der Waals surface area contributed by atoms with Crippen LogP contribution in [-0.4, -0.2) is 23.6 Å². The standard InChI is InChI=1S/C23H20N2O7/c1-14-9-22(27)32-18-11-19-17(10-16(14)18)25-20(31-19)13-29-21(26)7-8-24-23(28)30-12-15-5-3-2-4-6-15/h2-6,9-11H,7-8,12-13H2,1H3,(H,24,28). The highest BCUT2D eigenvalue weighted by atomic mass is 16.6. The molecule has 164 valence electrons. The van der Waals surface area contributed by atoms with Gasteiger partial charge in [-0.2, -0.15) is 0 Å². The minimum absolute atomic E-state index is 0.0328. The van der Waals surface area contributed by atoms with Crippen LogP contribution >= 0.6 is 0 Å². The quantitative estimate of drug-likeness (QED) is 0.345. The van der Waals surface area contributed by atoms with Crippen molar-refractivity contribution in [3.8, 4) is 0 Å². The van der Waals surface area contributed by atoms with E-state index in [2.05, 4.69) is 10.3 Å². The highest BCUT2D eigenvalue weighted by Crippen LogP contribution is 2.24. The number of hydrogen-bond donors (Lipinski definition) is 1. The summed E-state index contributed by atoms with van der Waals surface area (Å²) >= 11 is 0. The molecule has 1 amide bonds. The molecule has 9 heteroatoms. The minimum Gasteiger partial charge on any atom is -0.456 e. The van der Waals surface area contributed by atoms with Gasteiger partial charge < -0.3 is 23.6 Å². The number of aryl methyl sites for hydroxylation is 1. The van der Waals surface area contributed by atoms with Crippen molar-refractivity contribution in [1.82, 2.24) is 10.3 Å². The number of amides is 1. The maximum absolute atomic E-state index is 11.9. The largest absolute Gasteiger partial charge is 0.456 e. The third-order valence-corrected chi connectivity index (χ3v) is 4.67. The number of nitrogens with one attached hydrogen (secondary N) is 1. The summed E-state index contributed by atoms with van der Waals surface area (Å²) in [6, 6.07) is 14.0. The Morgan fingerprint density at radius 2 is 1.81 bits per heavy atom. The van der Waals surface area contributed by atoms with Crippen molar-refractivity contribution in [1.29, 1.82) is 0 Å². The van der Waals surface area contributed by atoms with Crippen LogP contribution in [0.3, 0.4) is 0 Å². The molecule has 0 unspecified atom stereocenters. The number of ether oxygens (including phenoxy) is 2. The topological polar surface area (TPSA) is 121 Å². The zero-order valence-electron chi connectivity index (χ0n) is 17.3. The van der Waals surface area contributed by atoms with Crippen LogP contribution in [0.15, 0.2) is 62.2 Å². The average Bonchev–Trinajstić information content (AvgIpc) is 3.17. The molecule has 2 aromatic carbocycles. The van der Waals surface area contributed by atoms with Gasteiger partial charge in [-0.05, 0) is 24.1 Å². The highest BCUT2D eigenvalue weighted by molar-refractivity contribution is 5.92. The van der Waals surface area contributed by atoms with Crippen molar-refractivity contribution in [2.75, 3.05) is 6.54 Å². The van der Waals surface area contributed by atoms with Gasteiger partial charge in [-0.15, -0.1) is 0 Å². The Morgan fingerprint density at radius 1 is 1.00 bits per heavy atom. The van der Waals surface area contributed by atoms with Gasteiger partial charge in [-0.3, -0.25) is 4.79 Å². The van der Waals surface area contributed by atoms with E-state index in [0.29, 0.717) is 16.7 Å². The molecule has 4 rings (SSSR count). The fraction of sp³-hybridized carbons (Fsp3) is 0.217. The van der Waals surface area contributed by atoms with Crippen LogP contribution in [0.4, 0.5) is 4.79 Å². The van der Waals surface area contributed by atoms with Crippen molar-refractivity contribution in [3.63, 3.8) is 0 Å². The first-order chi connectivity index (χ1) is 15.5. The number of nitrogens with zero attached hydrogens (tertiary/aromatic N) is 1. The van der Waals surface area contributed by atoms with Gasteiger partial charge in [-0.25, -0.2) is 14.6 Å². The normalized spacial score (nSPS) is 10.9. The summed E-state index contributed by atoms with van der Waals surface area (Å²) in [7, 11) is 0. The first-order valence-electron chi connectivity index (χ1n) is 9.92. The van der Waals surface area contributed by atoms with E-state index in [9.17, 15) is 14.4 Å². The van der Waals surface area contributed by atoms with Crippen LogP contribution in [0.5, 0.6) is 0 Å². The smallest absolute Gasteiger partial charge is 0.407 e. The first-order valence-corrected chi connectivity index (χ1v) is 9.92. The van der Waals surface area contributed by atoms with Gasteiger partial charge in [0, 0.05) is 24.1 Å². The van der Waals surface area contributed by atoms with Gasteiger partial charge in [-0.1, -0.05) is 30.3 Å². The molecule has 0 saturated heterocycles. The average molecular weight is 436 g/mol. The second kappa shape index (κ2) is 9.34. The Balaban J connectivity index is 1.25. The molecule has 0 atom stereocenters. The van der Waals surface area contributed by atoms with E-state index in [1.165, 1.54) is 6.07 Å². The Kier molecular flexibility index (Phi) is 6.16. The van der Waals surface area contributed by atoms with Crippen molar-refractivity contribution >= 4 is 34.1 Å². The zero-order valence-corrected chi connectivity index (χ0v) is 17.3. The molecule has 0 radical (unpaired) electrons. The third kappa shape index (κ3) is 5.12. The van der Waals surface area contributed by atoms with Crippen molar-refractivity contribution in [2.45, 2.75) is 26.6 Å². The Hall–Kier alpha value is -4.14. The summed E-state index contributed by atoms with van der Waals surface area (Å²) in [5.74, 6) is -0.318. The Bertz CT molecular complexity index is 1320. The molecular formula is C23H20N2O7. The van der Waals surface area contributed by atoms with Gasteiger partial charge in [0.2, 0.25) is 5.89 Å². The number of carbonyl (C=O) groups is 2. The highest BCUT2D eigenvalue weighted by Gasteiger charge is 2.13. The Labute approximate surface area is 181 Å². The number of benzene rings is 2. The maximum atomic E-state index is 11.9. The van der Waals surface area contributed by atoms with Crippen LogP contribution in [0, 0.1) is 6.92 Å². The molecule has 0 aliphatic carbocycles. The van der Waals surface area contributed by atoms with Gasteiger partial charge in [0.1, 0.15) is 17.7 Å². The van der Waals surface area contributed by atoms with Gasteiger partial charge in [0.25, 0.3) is 0 Å². The molecule has 0 aliphatic heterocycles. The number of carbonyl (C=O) groups excluding carboxylic acids is 2. The molecule has 1 N–H and O–H groups in total. The summed E-state index contributed by atoms with van der Waals surface area (Å²) in [4.78, 5) is 39.5. The van der Waals surface area contributed by atoms with E-state index in [4.69, 9.17) is 18.3 Å². The number of alkyl carbamates (subject to hydrolysis) is 1. The SMILES string of the molecule is Cc1cc(=O)oc2cc3oc(COC(=O)CCNC(=O)OCc4ccccc4)nc3cc12. The number of fused-ring (bicyclic) bond motifs is 2. The lowest BCUT2D eigenvalue weighted by Crippen LogP contribution is -2.27. The number of hydrogen-bond acceptors (Lipinski definition) is 8. The second-order valence-corrected chi connectivity index (χ2v) is 7.07. The summed E-state index contributed by atoms with van der Waals surface area (Å²) in [6.07, 6.45) is -0.649. The summed E-state index contributed by atoms with van der Waals surface area (Å²) in [5.41, 5.74) is 2.56. The molecule has 0 fully saturated rings. The molecular weight excluding hydrogens is 416 g/mol. The van der Waals surface area contributed by atoms with E-state index in [-0.39, 0.29) is 32.1 Å². The molecule has 0 spiro atoms. The monoisotopic (exact) mass is 436 g/mol. The van der Waals surface area contributed by atoms with Crippen LogP contribution in [0.2, 0.25) is 0 Å². The Morgan fingerprint density at radius 3 is 2.62 bits per heavy atom. The van der Waals surface area contributed by atoms with E-state index in [0.717, 1.165) is 16.5 Å². The third-order valence-electron chi connectivity index (χ3n) is 4.67. The fourth-order valence-corrected chi connectivity index (χ4v) is 3.10. The van der Waals surface area contributed by atoms with E-state index in [1.54, 1.807) is 19.1 Å². The van der Waals surface area contributed by atoms with Crippen LogP contribution in [0.25, 0.3) is 22.1 Å². The van der Waals surface area contributed by atoms with Gasteiger partial charge in [0.15, 0.2) is 12.2 Å². The van der Waals surface area contributed by atoms with Crippen molar-refractivity contribution in [2.24, 2.45) is 0 Å². The molecule has 0 saturated carbocycles. The maximum Gasteiger partial charge on any atom is 0.407 e. The number of esters is 1. The summed E-state index contributed by atoms with van der Waals surface area (Å²) in [5, 5.41) is 3.24. The molecule has 2 aromatic heterocycles. The fourth-order valence-electron chi connectivity index (χ4n) is 3.10. The number of aromatic nitrogens is 1. The van der Waals surface area contributed by atoms with Crippen LogP contribution in [-0.2, 0) is 27.5 Å². The van der Waals surface area contributed by atoms with Crippen molar-refractivity contribution < 1.29 is 27.9 Å². The van der Waals surface area contributed by atoms with Crippen LogP contribution in [0.1, 0.15) is 23.4 Å². The number of oxazole rings is 1. The van der Waals surface area contributed by atoms with E-state index >= 15 is 0 Å². The lowest BCUT2D eigenvalue weighted by Gasteiger charge is -2.07. The van der Waals surface area contributed by atoms with E-state index < -0.39 is 17.7 Å². The predicted octanol–water partition coefficient (Wildman–Crippen LogP) is 3.60. The van der Waals surface area contributed by atoms with Gasteiger partial charge >= 0.3 is 17.7 Å². The van der Waals surface area contributed by atoms with Crippen molar-refractivity contribution in [3.05, 3.63) is 76.0 Å². The number of rotatable bonds is 7. The lowest BCUT2D eigenvalue weighted by molar-refractivity contribution is -0.145. The zero-order chi connectivity index (χ0) is 22.5. The predicted molar refractivity (Wildman–Crippen MR) is 114 cm³/mol. The molecule has 0 bridgehead atoms. The molecule has 2 heterocycles. The summed E-state index contributed by atoms with van der Waals surface area (Å²) in [6.45, 7) is 1.86. The lowest BCUT2D eigenvalue weighted by atomic mass is 10.1.